The number of rotatable bonds is 0. The van der Waals surface area contributed by atoms with Crippen molar-refractivity contribution >= 4 is 17.9 Å². The molecule has 1 rings (SSSR count). The number of nitrogens with zero attached hydrogens (tertiary/aromatic N) is 1. The van der Waals surface area contributed by atoms with Gasteiger partial charge in [0.25, 0.3) is 0 Å². The maximum atomic E-state index is 5.45. The van der Waals surface area contributed by atoms with Crippen molar-refractivity contribution in [3.8, 4) is 0 Å². The van der Waals surface area contributed by atoms with Crippen LogP contribution in [0.15, 0.2) is 16.3 Å². The first-order valence-corrected chi connectivity index (χ1v) is 2.41. The van der Waals surface area contributed by atoms with Gasteiger partial charge in [-0.1, -0.05) is 11.6 Å². The van der Waals surface area contributed by atoms with Gasteiger partial charge in [-0.15, -0.1) is 0 Å². The van der Waals surface area contributed by atoms with Crippen LogP contribution in [0.5, 0.6) is 0 Å². The van der Waals surface area contributed by atoms with E-state index in [1.165, 1.54) is 0 Å². The Morgan fingerprint density at radius 2 is 2.38 bits per heavy atom. The molecule has 0 radical (unpaired) electrons. The van der Waals surface area contributed by atoms with E-state index < -0.39 is 0 Å². The Kier molecular flexibility index (Phi) is 3.05. The van der Waals surface area contributed by atoms with Crippen molar-refractivity contribution in [3.63, 3.8) is 0 Å². The minimum atomic E-state index is 0. The second-order valence-corrected chi connectivity index (χ2v) is 1.86. The summed E-state index contributed by atoms with van der Waals surface area (Å²) in [7, 11) is 1.96. The summed E-state index contributed by atoms with van der Waals surface area (Å²) in [5, 5.41) is 0.581. The van der Waals surface area contributed by atoms with Crippen LogP contribution in [0, 0.1) is 0 Å². The third-order valence-corrected chi connectivity index (χ3v) is 0.945. The third-order valence-electron chi connectivity index (χ3n) is 0.738. The average molecular weight is 153 g/mol. The van der Waals surface area contributed by atoms with Crippen molar-refractivity contribution in [2.75, 3.05) is 7.05 Å². The first kappa shape index (κ1) is 7.95. The first-order chi connectivity index (χ1) is 3.29. The summed E-state index contributed by atoms with van der Waals surface area (Å²) >= 11 is 5.45. The molecule has 8 heavy (non-hydrogen) atoms. The molecule has 4 heteroatoms. The molecule has 0 spiro atoms. The average Bonchev–Trinajstić information content (AvgIpc) is 1.87. The summed E-state index contributed by atoms with van der Waals surface area (Å²) in [5.74, 6) is 0. The number of quaternary nitrogens is 1. The second-order valence-electron chi connectivity index (χ2n) is 1.47. The second kappa shape index (κ2) is 3.07. The van der Waals surface area contributed by atoms with Gasteiger partial charge in [0.05, 0.1) is 7.05 Å². The van der Waals surface area contributed by atoms with E-state index in [0.717, 1.165) is 4.90 Å². The van der Waals surface area contributed by atoms with E-state index in [9.17, 15) is 0 Å². The maximum Gasteiger partial charge on any atom is 0.194 e. The highest BCUT2D eigenvalue weighted by Gasteiger charge is 2.02. The fourth-order valence-electron chi connectivity index (χ4n) is 0.426. The summed E-state index contributed by atoms with van der Waals surface area (Å²) in [6.45, 7) is 0. The predicted octanol–water partition coefficient (Wildman–Crippen LogP) is -3.42. The van der Waals surface area contributed by atoms with Crippen LogP contribution in [0.1, 0.15) is 0 Å². The van der Waals surface area contributed by atoms with Crippen molar-refractivity contribution in [2.45, 2.75) is 0 Å². The van der Waals surface area contributed by atoms with Gasteiger partial charge in [-0.25, -0.2) is 0 Å². The monoisotopic (exact) mass is 152 g/mol. The Morgan fingerprint density at radius 3 is 2.50 bits per heavy atom. The largest absolute Gasteiger partial charge is 1.00 e. The van der Waals surface area contributed by atoms with Gasteiger partial charge in [-0.2, -0.15) is 4.99 Å². The molecule has 0 aromatic rings. The molecule has 46 valence electrons. The van der Waals surface area contributed by atoms with Crippen molar-refractivity contribution in [1.82, 2.24) is 0 Å². The molecule has 1 N–H and O–H groups in total. The Hall–Kier alpha value is -0.0500. The zero-order chi connectivity index (χ0) is 5.28. The van der Waals surface area contributed by atoms with E-state index in [1.807, 2.05) is 13.2 Å². The van der Waals surface area contributed by atoms with Gasteiger partial charge in [0, 0.05) is 0 Å². The van der Waals surface area contributed by atoms with Crippen LogP contribution < -0.4 is 17.3 Å². The van der Waals surface area contributed by atoms with Crippen LogP contribution >= 0.6 is 11.6 Å². The molecule has 1 unspecified atom stereocenters. The molecule has 0 aromatic carbocycles. The van der Waals surface area contributed by atoms with E-state index >= 15 is 0 Å². The zero-order valence-electron chi connectivity index (χ0n) is 4.36. The van der Waals surface area contributed by atoms with Crippen LogP contribution in [0.2, 0.25) is 0 Å². The fraction of sp³-hybridized carbons (Fsp3) is 0.250. The molecule has 0 amide bonds. The first-order valence-electron chi connectivity index (χ1n) is 2.04. The van der Waals surface area contributed by atoms with Crippen molar-refractivity contribution < 1.29 is 17.3 Å². The number of nitrogens with one attached hydrogen (secondary N) is 1. The standard InChI is InChI=1S/C4H5ClN2.ClH/c1-7-2-4(5)6-3-7;/h2-3H,1H3;1H. The highest BCUT2D eigenvalue weighted by molar-refractivity contribution is 6.29. The van der Waals surface area contributed by atoms with E-state index in [4.69, 9.17) is 11.6 Å². The smallest absolute Gasteiger partial charge is 0.194 e. The molecule has 1 aliphatic rings. The van der Waals surface area contributed by atoms with E-state index in [0.29, 0.717) is 5.16 Å². The van der Waals surface area contributed by atoms with Crippen LogP contribution in [0.4, 0.5) is 0 Å². The SMILES string of the molecule is C[NH+]1C=NC(Cl)=C1.[Cl-]. The number of halogens is 2. The Balaban J connectivity index is 0.000000490. The molecule has 1 atom stereocenters. The Labute approximate surface area is 59.3 Å². The Bertz CT molecular complexity index is 130. The minimum absolute atomic E-state index is 0. The van der Waals surface area contributed by atoms with Gasteiger partial charge in [0.2, 0.25) is 0 Å². The van der Waals surface area contributed by atoms with E-state index in [1.54, 1.807) is 6.34 Å². The lowest BCUT2D eigenvalue weighted by molar-refractivity contribution is -0.710. The van der Waals surface area contributed by atoms with Crippen LogP contribution in [-0.2, 0) is 0 Å². The summed E-state index contributed by atoms with van der Waals surface area (Å²) in [6, 6.07) is 0. The molecule has 0 bridgehead atoms. The van der Waals surface area contributed by atoms with Gasteiger partial charge in [-0.05, 0) is 0 Å². The van der Waals surface area contributed by atoms with Crippen molar-refractivity contribution in [2.24, 2.45) is 4.99 Å². The topological polar surface area (TPSA) is 16.8 Å². The maximum absolute atomic E-state index is 5.45. The highest BCUT2D eigenvalue weighted by atomic mass is 35.5. The van der Waals surface area contributed by atoms with Gasteiger partial charge in [0.15, 0.2) is 11.5 Å². The number of hydrogen-bond donors (Lipinski definition) is 1. The van der Waals surface area contributed by atoms with Crippen molar-refractivity contribution in [1.29, 1.82) is 0 Å². The fourth-order valence-corrected chi connectivity index (χ4v) is 0.647. The molecule has 0 aliphatic carbocycles. The summed E-state index contributed by atoms with van der Waals surface area (Å²) in [6.07, 6.45) is 3.56. The quantitative estimate of drug-likeness (QED) is 0.349. The zero-order valence-corrected chi connectivity index (χ0v) is 5.87. The molecule has 1 heterocycles. The Morgan fingerprint density at radius 1 is 1.75 bits per heavy atom. The van der Waals surface area contributed by atoms with E-state index in [2.05, 4.69) is 4.99 Å². The summed E-state index contributed by atoms with van der Waals surface area (Å²) in [5.41, 5.74) is 0. The lowest BCUT2D eigenvalue weighted by Gasteiger charge is -1.87. The molecular formula is C4H6Cl2N2. The lowest BCUT2D eigenvalue weighted by Crippen LogP contribution is -3.02. The van der Waals surface area contributed by atoms with Crippen LogP contribution in [0.25, 0.3) is 0 Å². The normalized spacial score (nSPS) is 24.8. The minimum Gasteiger partial charge on any atom is -1.00 e. The third kappa shape index (κ3) is 1.82. The molecule has 0 fully saturated rings. The van der Waals surface area contributed by atoms with Gasteiger partial charge < -0.3 is 12.4 Å². The molecule has 0 aromatic heterocycles. The highest BCUT2D eigenvalue weighted by Crippen LogP contribution is 1.98. The van der Waals surface area contributed by atoms with Gasteiger partial charge >= 0.3 is 0 Å². The summed E-state index contributed by atoms with van der Waals surface area (Å²) < 4.78 is 0. The molecule has 0 saturated heterocycles. The number of hydrogen-bond acceptors (Lipinski definition) is 1. The summed E-state index contributed by atoms with van der Waals surface area (Å²) in [4.78, 5) is 4.90. The molecule has 2 nitrogen and oxygen atoms in total. The molecule has 1 aliphatic heterocycles. The van der Waals surface area contributed by atoms with Gasteiger partial charge in [0.1, 0.15) is 6.20 Å². The van der Waals surface area contributed by atoms with Gasteiger partial charge in [-0.3, -0.25) is 4.90 Å². The van der Waals surface area contributed by atoms with Crippen molar-refractivity contribution in [3.05, 3.63) is 11.4 Å². The molecular weight excluding hydrogens is 147 g/mol. The van der Waals surface area contributed by atoms with E-state index in [-0.39, 0.29) is 12.4 Å². The van der Waals surface area contributed by atoms with Crippen LogP contribution in [-0.4, -0.2) is 13.4 Å². The lowest BCUT2D eigenvalue weighted by atomic mass is 10.8. The number of aliphatic imine (C=N–C) groups is 1. The predicted molar refractivity (Wildman–Crippen MR) is 29.3 cm³/mol. The van der Waals surface area contributed by atoms with Crippen LogP contribution in [0.3, 0.4) is 0 Å². The molecule has 0 saturated carbocycles.